The number of piperazine rings is 1. The molecule has 1 saturated heterocycles. The zero-order valence-corrected chi connectivity index (χ0v) is 15.2. The van der Waals surface area contributed by atoms with Crippen LogP contribution in [0.4, 0.5) is 0 Å². The van der Waals surface area contributed by atoms with E-state index in [1.54, 1.807) is 6.26 Å². The van der Waals surface area contributed by atoms with Gasteiger partial charge in [0.2, 0.25) is 5.91 Å². The van der Waals surface area contributed by atoms with E-state index in [2.05, 4.69) is 30.9 Å². The standard InChI is InChI=1S/C21H28N2O2/c1-3-17(2)20(18-8-5-4-6-9-18)21(24)23-13-11-22(12-14-23)16-19-10-7-15-25-19/h4-10,15,17,20H,3,11-14,16H2,1-2H3. The van der Waals surface area contributed by atoms with Crippen LogP contribution in [0.1, 0.15) is 37.5 Å². The molecular weight excluding hydrogens is 312 g/mol. The molecule has 4 heteroatoms. The van der Waals surface area contributed by atoms with Crippen LogP contribution in [0, 0.1) is 5.92 Å². The zero-order valence-electron chi connectivity index (χ0n) is 15.2. The summed E-state index contributed by atoms with van der Waals surface area (Å²) in [5.74, 6) is 1.57. The molecule has 2 atom stereocenters. The van der Waals surface area contributed by atoms with Gasteiger partial charge in [0.15, 0.2) is 0 Å². The van der Waals surface area contributed by atoms with Gasteiger partial charge in [0.05, 0.1) is 18.7 Å². The first-order valence-electron chi connectivity index (χ1n) is 9.27. The highest BCUT2D eigenvalue weighted by atomic mass is 16.3. The normalized spacial score (nSPS) is 18.1. The SMILES string of the molecule is CCC(C)C(C(=O)N1CCN(Cc2ccco2)CC1)c1ccccc1. The third-order valence-electron chi connectivity index (χ3n) is 5.28. The van der Waals surface area contributed by atoms with Crippen LogP contribution in [0.25, 0.3) is 0 Å². The lowest BCUT2D eigenvalue weighted by molar-refractivity contribution is -0.135. The number of hydrogen-bond acceptors (Lipinski definition) is 3. The number of furan rings is 1. The number of nitrogens with zero attached hydrogens (tertiary/aromatic N) is 2. The Kier molecular flexibility index (Phi) is 5.92. The third kappa shape index (κ3) is 4.31. The summed E-state index contributed by atoms with van der Waals surface area (Å²) in [7, 11) is 0. The first kappa shape index (κ1) is 17.7. The fourth-order valence-corrected chi connectivity index (χ4v) is 3.56. The molecule has 1 aromatic heterocycles. The second-order valence-corrected chi connectivity index (χ2v) is 6.95. The van der Waals surface area contributed by atoms with E-state index in [1.165, 1.54) is 0 Å². The van der Waals surface area contributed by atoms with Crippen molar-refractivity contribution in [3.05, 3.63) is 60.1 Å². The average molecular weight is 340 g/mol. The third-order valence-corrected chi connectivity index (χ3v) is 5.28. The molecule has 0 bridgehead atoms. The Balaban J connectivity index is 1.63. The molecule has 4 nitrogen and oxygen atoms in total. The Labute approximate surface area is 150 Å². The molecule has 2 unspecified atom stereocenters. The molecule has 1 fully saturated rings. The van der Waals surface area contributed by atoms with Crippen LogP contribution in [0.3, 0.4) is 0 Å². The molecule has 0 radical (unpaired) electrons. The lowest BCUT2D eigenvalue weighted by Gasteiger charge is -2.37. The lowest BCUT2D eigenvalue weighted by Crippen LogP contribution is -2.50. The van der Waals surface area contributed by atoms with Crippen LogP contribution >= 0.6 is 0 Å². The summed E-state index contributed by atoms with van der Waals surface area (Å²) in [5.41, 5.74) is 1.14. The van der Waals surface area contributed by atoms with Crippen LogP contribution in [0.15, 0.2) is 53.1 Å². The van der Waals surface area contributed by atoms with E-state index in [4.69, 9.17) is 4.42 Å². The molecule has 2 heterocycles. The molecule has 25 heavy (non-hydrogen) atoms. The molecule has 0 N–H and O–H groups in total. The van der Waals surface area contributed by atoms with Crippen molar-refractivity contribution >= 4 is 5.91 Å². The molecule has 0 saturated carbocycles. The summed E-state index contributed by atoms with van der Waals surface area (Å²) in [4.78, 5) is 17.6. The summed E-state index contributed by atoms with van der Waals surface area (Å²) in [6.45, 7) is 8.54. The van der Waals surface area contributed by atoms with Gasteiger partial charge in [0, 0.05) is 26.2 Å². The zero-order chi connectivity index (χ0) is 17.6. The van der Waals surface area contributed by atoms with Gasteiger partial charge in [-0.2, -0.15) is 0 Å². The molecule has 1 aliphatic heterocycles. The molecule has 1 aliphatic rings. The first-order chi connectivity index (χ1) is 12.2. The van der Waals surface area contributed by atoms with E-state index in [0.29, 0.717) is 5.92 Å². The lowest BCUT2D eigenvalue weighted by atomic mass is 9.84. The van der Waals surface area contributed by atoms with Gasteiger partial charge in [-0.05, 0) is 23.6 Å². The smallest absolute Gasteiger partial charge is 0.230 e. The van der Waals surface area contributed by atoms with Gasteiger partial charge in [-0.15, -0.1) is 0 Å². The molecule has 1 aromatic carbocycles. The Hall–Kier alpha value is -2.07. The van der Waals surface area contributed by atoms with Crippen LogP contribution in [0.5, 0.6) is 0 Å². The number of carbonyl (C=O) groups excluding carboxylic acids is 1. The first-order valence-corrected chi connectivity index (χ1v) is 9.27. The average Bonchev–Trinajstić information content (AvgIpc) is 3.16. The maximum atomic E-state index is 13.2. The van der Waals surface area contributed by atoms with E-state index in [9.17, 15) is 4.79 Å². The van der Waals surface area contributed by atoms with Gasteiger partial charge in [0.1, 0.15) is 5.76 Å². The van der Waals surface area contributed by atoms with Crippen LogP contribution in [0.2, 0.25) is 0 Å². The van der Waals surface area contributed by atoms with E-state index in [1.807, 2.05) is 35.2 Å². The minimum atomic E-state index is -0.0391. The van der Waals surface area contributed by atoms with Crippen molar-refractivity contribution in [2.75, 3.05) is 26.2 Å². The van der Waals surface area contributed by atoms with Gasteiger partial charge in [0.25, 0.3) is 0 Å². The molecule has 134 valence electrons. The number of hydrogen-bond donors (Lipinski definition) is 0. The molecule has 1 amide bonds. The maximum absolute atomic E-state index is 13.2. The van der Waals surface area contributed by atoms with Crippen molar-refractivity contribution in [1.29, 1.82) is 0 Å². The van der Waals surface area contributed by atoms with Crippen molar-refractivity contribution in [3.63, 3.8) is 0 Å². The monoisotopic (exact) mass is 340 g/mol. The largest absolute Gasteiger partial charge is 0.468 e. The Bertz CT molecular complexity index is 646. The van der Waals surface area contributed by atoms with Gasteiger partial charge in [-0.3, -0.25) is 9.69 Å². The summed E-state index contributed by atoms with van der Waals surface area (Å²) in [6.07, 6.45) is 2.72. The number of amides is 1. The fourth-order valence-electron chi connectivity index (χ4n) is 3.56. The van der Waals surface area contributed by atoms with Crippen molar-refractivity contribution in [2.45, 2.75) is 32.7 Å². The van der Waals surface area contributed by atoms with Crippen LogP contribution in [-0.2, 0) is 11.3 Å². The van der Waals surface area contributed by atoms with Crippen LogP contribution < -0.4 is 0 Å². The highest BCUT2D eigenvalue weighted by Crippen LogP contribution is 2.29. The van der Waals surface area contributed by atoms with Crippen molar-refractivity contribution in [2.24, 2.45) is 5.92 Å². The highest BCUT2D eigenvalue weighted by Gasteiger charge is 2.31. The predicted octanol–water partition coefficient (Wildman–Crippen LogP) is 3.75. The van der Waals surface area contributed by atoms with Gasteiger partial charge < -0.3 is 9.32 Å². The van der Waals surface area contributed by atoms with E-state index < -0.39 is 0 Å². The highest BCUT2D eigenvalue weighted by molar-refractivity contribution is 5.84. The minimum Gasteiger partial charge on any atom is -0.468 e. The second-order valence-electron chi connectivity index (χ2n) is 6.95. The molecular formula is C21H28N2O2. The van der Waals surface area contributed by atoms with E-state index in [0.717, 1.165) is 50.5 Å². The molecule has 2 aromatic rings. The minimum absolute atomic E-state index is 0.0391. The summed E-state index contributed by atoms with van der Waals surface area (Å²) >= 11 is 0. The summed E-state index contributed by atoms with van der Waals surface area (Å²) in [6, 6.07) is 14.2. The van der Waals surface area contributed by atoms with Crippen molar-refractivity contribution < 1.29 is 9.21 Å². The van der Waals surface area contributed by atoms with Crippen molar-refractivity contribution in [3.8, 4) is 0 Å². The van der Waals surface area contributed by atoms with E-state index in [-0.39, 0.29) is 11.8 Å². The van der Waals surface area contributed by atoms with Crippen LogP contribution in [-0.4, -0.2) is 41.9 Å². The molecule has 0 aliphatic carbocycles. The summed E-state index contributed by atoms with van der Waals surface area (Å²) in [5, 5.41) is 0. The van der Waals surface area contributed by atoms with Gasteiger partial charge >= 0.3 is 0 Å². The maximum Gasteiger partial charge on any atom is 0.230 e. The Morgan fingerprint density at radius 1 is 1.08 bits per heavy atom. The quantitative estimate of drug-likeness (QED) is 0.803. The Morgan fingerprint density at radius 2 is 1.80 bits per heavy atom. The molecule has 3 rings (SSSR count). The topological polar surface area (TPSA) is 36.7 Å². The van der Waals surface area contributed by atoms with E-state index >= 15 is 0 Å². The number of carbonyl (C=O) groups is 1. The summed E-state index contributed by atoms with van der Waals surface area (Å²) < 4.78 is 5.43. The number of benzene rings is 1. The van der Waals surface area contributed by atoms with Crippen molar-refractivity contribution in [1.82, 2.24) is 9.80 Å². The second kappa shape index (κ2) is 8.34. The number of rotatable bonds is 6. The van der Waals surface area contributed by atoms with Gasteiger partial charge in [-0.1, -0.05) is 50.6 Å². The fraction of sp³-hybridized carbons (Fsp3) is 0.476. The predicted molar refractivity (Wildman–Crippen MR) is 99.2 cm³/mol. The Morgan fingerprint density at radius 3 is 2.40 bits per heavy atom. The van der Waals surface area contributed by atoms with Gasteiger partial charge in [-0.25, -0.2) is 0 Å². The molecule has 0 spiro atoms.